The number of carbonyl (C=O) groups is 1. The van der Waals surface area contributed by atoms with Gasteiger partial charge in [-0.1, -0.05) is 45.9 Å². The highest BCUT2D eigenvalue weighted by atomic mass is 16.5. The molecule has 2 aromatic rings. The lowest BCUT2D eigenvalue weighted by Crippen LogP contribution is -2.33. The van der Waals surface area contributed by atoms with Crippen molar-refractivity contribution in [3.05, 3.63) is 52.6 Å². The second-order valence-corrected chi connectivity index (χ2v) is 8.58. The Morgan fingerprint density at radius 3 is 2.07 bits per heavy atom. The van der Waals surface area contributed by atoms with Crippen LogP contribution in [-0.4, -0.2) is 21.3 Å². The zero-order valence-electron chi connectivity index (χ0n) is 16.2. The van der Waals surface area contributed by atoms with Crippen molar-refractivity contribution in [2.45, 2.75) is 58.0 Å². The molecule has 3 rings (SSSR count). The van der Waals surface area contributed by atoms with Crippen molar-refractivity contribution in [2.24, 2.45) is 0 Å². The third kappa shape index (κ3) is 3.59. The van der Waals surface area contributed by atoms with E-state index < -0.39 is 23.0 Å². The van der Waals surface area contributed by atoms with Crippen LogP contribution in [0, 0.1) is 0 Å². The molecule has 144 valence electrons. The van der Waals surface area contributed by atoms with Crippen LogP contribution in [0.15, 0.2) is 30.3 Å². The Morgan fingerprint density at radius 2 is 1.52 bits per heavy atom. The maximum atomic E-state index is 11.0. The summed E-state index contributed by atoms with van der Waals surface area (Å²) in [5.74, 6) is -2.22. The number of carboxylic acids is 1. The molecule has 0 unspecified atom stereocenters. The predicted octanol–water partition coefficient (Wildman–Crippen LogP) is 4.72. The highest BCUT2D eigenvalue weighted by Gasteiger charge is 2.36. The Morgan fingerprint density at radius 1 is 0.963 bits per heavy atom. The van der Waals surface area contributed by atoms with Gasteiger partial charge in [0.2, 0.25) is 0 Å². The van der Waals surface area contributed by atoms with Crippen LogP contribution >= 0.6 is 0 Å². The van der Waals surface area contributed by atoms with Gasteiger partial charge in [-0.25, -0.2) is 4.79 Å². The summed E-state index contributed by atoms with van der Waals surface area (Å²) in [6, 6.07) is 8.77. The molecular formula is C22H26O5. The van der Waals surface area contributed by atoms with Crippen LogP contribution in [0.1, 0.15) is 67.6 Å². The highest BCUT2D eigenvalue weighted by Crippen LogP contribution is 2.46. The molecule has 3 N–H and O–H groups in total. The molecule has 0 spiro atoms. The lowest BCUT2D eigenvalue weighted by molar-refractivity contribution is 0.0690. The number of aromatic hydroxyl groups is 2. The summed E-state index contributed by atoms with van der Waals surface area (Å²) in [6.45, 7) is 9.31. The van der Waals surface area contributed by atoms with E-state index in [0.717, 1.165) is 18.4 Å². The molecule has 0 heterocycles. The van der Waals surface area contributed by atoms with Gasteiger partial charge < -0.3 is 20.1 Å². The van der Waals surface area contributed by atoms with Crippen LogP contribution in [0.5, 0.6) is 17.2 Å². The van der Waals surface area contributed by atoms with Crippen molar-refractivity contribution >= 4 is 5.97 Å². The van der Waals surface area contributed by atoms with Crippen molar-refractivity contribution in [2.75, 3.05) is 0 Å². The van der Waals surface area contributed by atoms with E-state index in [9.17, 15) is 15.0 Å². The number of benzene rings is 2. The summed E-state index contributed by atoms with van der Waals surface area (Å²) in [5.41, 5.74) is 3.39. The minimum Gasteiger partial charge on any atom is -0.507 e. The maximum Gasteiger partial charge on any atom is 0.343 e. The van der Waals surface area contributed by atoms with E-state index in [-0.39, 0.29) is 23.2 Å². The van der Waals surface area contributed by atoms with Crippen molar-refractivity contribution in [3.63, 3.8) is 0 Å². The molecule has 1 aliphatic rings. The number of hydrogen-bond acceptors (Lipinski definition) is 4. The number of aromatic carboxylic acids is 1. The second kappa shape index (κ2) is 6.48. The average molecular weight is 370 g/mol. The Labute approximate surface area is 159 Å². The van der Waals surface area contributed by atoms with Crippen LogP contribution in [-0.2, 0) is 17.4 Å². The van der Waals surface area contributed by atoms with Crippen LogP contribution < -0.4 is 4.74 Å². The summed E-state index contributed by atoms with van der Waals surface area (Å²) in [7, 11) is 0. The normalized spacial score (nSPS) is 17.2. The van der Waals surface area contributed by atoms with Crippen molar-refractivity contribution < 1.29 is 24.9 Å². The zero-order chi connectivity index (χ0) is 20.0. The second-order valence-electron chi connectivity index (χ2n) is 8.58. The van der Waals surface area contributed by atoms with E-state index in [0.29, 0.717) is 0 Å². The van der Waals surface area contributed by atoms with E-state index >= 15 is 0 Å². The first-order valence-electron chi connectivity index (χ1n) is 9.07. The lowest BCUT2D eigenvalue weighted by atomic mass is 9.63. The van der Waals surface area contributed by atoms with E-state index in [1.165, 1.54) is 23.3 Å². The van der Waals surface area contributed by atoms with E-state index in [1.54, 1.807) is 0 Å². The lowest BCUT2D eigenvalue weighted by Gasteiger charge is -2.42. The Hall–Kier alpha value is -2.69. The Kier molecular flexibility index (Phi) is 4.58. The first kappa shape index (κ1) is 19.1. The maximum absolute atomic E-state index is 11.0. The molecular weight excluding hydrogens is 344 g/mol. The quantitative estimate of drug-likeness (QED) is 0.725. The summed E-state index contributed by atoms with van der Waals surface area (Å²) < 4.78 is 5.69. The number of carboxylic acid groups (broad SMARTS) is 1. The Balaban J connectivity index is 1.85. The molecule has 0 saturated heterocycles. The topological polar surface area (TPSA) is 87.0 Å². The summed E-state index contributed by atoms with van der Waals surface area (Å²) >= 11 is 0. The molecule has 0 atom stereocenters. The van der Waals surface area contributed by atoms with E-state index in [4.69, 9.17) is 9.84 Å². The van der Waals surface area contributed by atoms with Gasteiger partial charge in [-0.2, -0.15) is 0 Å². The standard InChI is InChI=1S/C22H26O5/c1-21(2)7-8-22(3,4)16-9-13(5-6-15(16)21)12-27-14-10-17(23)19(20(25)26)18(24)11-14/h5-6,9-11,23-24H,7-8,12H2,1-4H3,(H,25,26). The number of hydrogen-bond donors (Lipinski definition) is 3. The molecule has 27 heavy (non-hydrogen) atoms. The van der Waals surface area contributed by atoms with E-state index in [2.05, 4.69) is 39.8 Å². The third-order valence-electron chi connectivity index (χ3n) is 5.61. The largest absolute Gasteiger partial charge is 0.507 e. The number of ether oxygens (including phenoxy) is 1. The molecule has 0 radical (unpaired) electrons. The van der Waals surface area contributed by atoms with Gasteiger partial charge in [0.25, 0.3) is 0 Å². The fourth-order valence-corrected chi connectivity index (χ4v) is 3.78. The minimum absolute atomic E-state index is 0.0978. The van der Waals surface area contributed by atoms with Gasteiger partial charge in [0, 0.05) is 12.1 Å². The number of phenols is 2. The molecule has 0 bridgehead atoms. The van der Waals surface area contributed by atoms with Crippen molar-refractivity contribution in [3.8, 4) is 17.2 Å². The third-order valence-corrected chi connectivity index (χ3v) is 5.61. The molecule has 0 amide bonds. The van der Waals surface area contributed by atoms with Gasteiger partial charge in [-0.3, -0.25) is 0 Å². The molecule has 0 saturated carbocycles. The van der Waals surface area contributed by atoms with Gasteiger partial charge in [-0.15, -0.1) is 0 Å². The smallest absolute Gasteiger partial charge is 0.343 e. The number of fused-ring (bicyclic) bond motifs is 1. The fourth-order valence-electron chi connectivity index (χ4n) is 3.78. The van der Waals surface area contributed by atoms with Gasteiger partial charge in [0.05, 0.1) is 0 Å². The molecule has 0 aromatic heterocycles. The molecule has 5 nitrogen and oxygen atoms in total. The summed E-state index contributed by atoms with van der Waals surface area (Å²) in [4.78, 5) is 11.0. The minimum atomic E-state index is -1.39. The van der Waals surface area contributed by atoms with Crippen LogP contribution in [0.3, 0.4) is 0 Å². The summed E-state index contributed by atoms with van der Waals surface area (Å²) in [6.07, 6.45) is 2.27. The molecule has 5 heteroatoms. The first-order valence-corrected chi connectivity index (χ1v) is 9.07. The Bertz CT molecular complexity index is 873. The molecule has 2 aromatic carbocycles. The average Bonchev–Trinajstić information content (AvgIpc) is 2.56. The highest BCUT2D eigenvalue weighted by molar-refractivity contribution is 5.94. The van der Waals surface area contributed by atoms with Crippen molar-refractivity contribution in [1.29, 1.82) is 0 Å². The van der Waals surface area contributed by atoms with Crippen LogP contribution in [0.4, 0.5) is 0 Å². The predicted molar refractivity (Wildman–Crippen MR) is 103 cm³/mol. The molecule has 0 fully saturated rings. The van der Waals surface area contributed by atoms with Gasteiger partial charge in [0.1, 0.15) is 29.4 Å². The van der Waals surface area contributed by atoms with Gasteiger partial charge in [-0.05, 0) is 40.4 Å². The van der Waals surface area contributed by atoms with Crippen LogP contribution in [0.25, 0.3) is 0 Å². The number of rotatable bonds is 4. The van der Waals surface area contributed by atoms with E-state index in [1.807, 2.05) is 6.07 Å². The summed E-state index contributed by atoms with van der Waals surface area (Å²) in [5, 5.41) is 28.6. The molecule has 1 aliphatic carbocycles. The fraction of sp³-hybridized carbons (Fsp3) is 0.409. The zero-order valence-corrected chi connectivity index (χ0v) is 16.2. The monoisotopic (exact) mass is 370 g/mol. The van der Waals surface area contributed by atoms with Gasteiger partial charge >= 0.3 is 5.97 Å². The first-order chi connectivity index (χ1) is 12.5. The molecule has 0 aliphatic heterocycles. The van der Waals surface area contributed by atoms with Crippen LogP contribution in [0.2, 0.25) is 0 Å². The van der Waals surface area contributed by atoms with Gasteiger partial charge in [0.15, 0.2) is 0 Å². The van der Waals surface area contributed by atoms with Crippen molar-refractivity contribution in [1.82, 2.24) is 0 Å². The SMILES string of the molecule is CC1(C)CCC(C)(C)c2cc(COc3cc(O)c(C(=O)O)c(O)c3)ccc21.